The number of benzene rings is 2. The number of rotatable bonds is 7. The van der Waals surface area contributed by atoms with E-state index in [2.05, 4.69) is 0 Å². The van der Waals surface area contributed by atoms with Gasteiger partial charge in [0.25, 0.3) is 0 Å². The number of likely N-dealkylation sites (N-methyl/N-ethyl adjacent to an activating group) is 1. The highest BCUT2D eigenvalue weighted by atomic mass is 35.5. The summed E-state index contributed by atoms with van der Waals surface area (Å²) >= 11 is 6.04. The van der Waals surface area contributed by atoms with Crippen molar-refractivity contribution in [3.63, 3.8) is 0 Å². The molecule has 0 atom stereocenters. The molecule has 2 rings (SSSR count). The van der Waals surface area contributed by atoms with E-state index in [-0.39, 0.29) is 5.91 Å². The molecule has 1 amide bonds. The molecule has 0 N–H and O–H groups in total. The van der Waals surface area contributed by atoms with Crippen LogP contribution in [0.5, 0.6) is 17.2 Å². The summed E-state index contributed by atoms with van der Waals surface area (Å²) in [5.74, 6) is 1.87. The van der Waals surface area contributed by atoms with Gasteiger partial charge < -0.3 is 19.1 Å². The van der Waals surface area contributed by atoms with Crippen molar-refractivity contribution in [2.75, 3.05) is 28.4 Å². The van der Waals surface area contributed by atoms with E-state index in [1.807, 2.05) is 12.1 Å². The van der Waals surface area contributed by atoms with Crippen molar-refractivity contribution in [3.05, 3.63) is 58.6 Å². The second-order valence-corrected chi connectivity index (χ2v) is 6.07. The summed E-state index contributed by atoms with van der Waals surface area (Å²) in [4.78, 5) is 14.0. The zero-order valence-electron chi connectivity index (χ0n) is 15.3. The fourth-order valence-electron chi connectivity index (χ4n) is 2.42. The number of halogens is 1. The Kier molecular flexibility index (Phi) is 6.92. The van der Waals surface area contributed by atoms with Crippen molar-refractivity contribution >= 4 is 23.6 Å². The van der Waals surface area contributed by atoms with Crippen LogP contribution in [0.4, 0.5) is 0 Å². The fourth-order valence-corrected chi connectivity index (χ4v) is 2.62. The Hall–Kier alpha value is -2.66. The second-order valence-electron chi connectivity index (χ2n) is 5.63. The van der Waals surface area contributed by atoms with E-state index in [0.717, 1.165) is 11.1 Å². The lowest BCUT2D eigenvalue weighted by molar-refractivity contribution is -0.125. The highest BCUT2D eigenvalue weighted by molar-refractivity contribution is 6.30. The summed E-state index contributed by atoms with van der Waals surface area (Å²) in [6.07, 6.45) is 3.23. The van der Waals surface area contributed by atoms with Crippen LogP contribution >= 0.6 is 11.6 Å². The minimum Gasteiger partial charge on any atom is -0.497 e. The van der Waals surface area contributed by atoms with Gasteiger partial charge >= 0.3 is 0 Å². The van der Waals surface area contributed by atoms with Crippen LogP contribution in [0.2, 0.25) is 5.02 Å². The largest absolute Gasteiger partial charge is 0.497 e. The molecular formula is C20H22ClNO4. The summed E-state index contributed by atoms with van der Waals surface area (Å²) in [5.41, 5.74) is 1.65. The Labute approximate surface area is 158 Å². The molecule has 0 saturated heterocycles. The molecule has 0 aliphatic carbocycles. The fraction of sp³-hybridized carbons (Fsp3) is 0.250. The second kappa shape index (κ2) is 9.15. The summed E-state index contributed by atoms with van der Waals surface area (Å²) in [6.45, 7) is 0.383. The lowest BCUT2D eigenvalue weighted by Crippen LogP contribution is -2.24. The molecule has 0 aromatic heterocycles. The first-order valence-electron chi connectivity index (χ1n) is 7.95. The molecule has 0 unspecified atom stereocenters. The predicted octanol–water partition coefficient (Wildman–Crippen LogP) is 4.04. The SMILES string of the molecule is COc1cc(/C=C/C(=O)N(C)Cc2cc(Cl)ccc2OC)cc(OC)c1. The van der Waals surface area contributed by atoms with Crippen LogP contribution in [0.15, 0.2) is 42.5 Å². The van der Waals surface area contributed by atoms with E-state index in [0.29, 0.717) is 28.8 Å². The number of hydrogen-bond donors (Lipinski definition) is 0. The normalized spacial score (nSPS) is 10.7. The van der Waals surface area contributed by atoms with Gasteiger partial charge in [-0.05, 0) is 42.0 Å². The first kappa shape index (κ1) is 19.7. The van der Waals surface area contributed by atoms with Gasteiger partial charge in [-0.25, -0.2) is 0 Å². The van der Waals surface area contributed by atoms with Crippen molar-refractivity contribution in [1.82, 2.24) is 4.90 Å². The molecule has 0 fully saturated rings. The summed E-state index contributed by atoms with van der Waals surface area (Å²) in [7, 11) is 6.48. The maximum absolute atomic E-state index is 12.4. The number of ether oxygens (including phenoxy) is 3. The zero-order chi connectivity index (χ0) is 19.1. The monoisotopic (exact) mass is 375 g/mol. The van der Waals surface area contributed by atoms with Crippen LogP contribution in [0.1, 0.15) is 11.1 Å². The molecule has 2 aromatic carbocycles. The molecule has 138 valence electrons. The molecule has 0 bridgehead atoms. The molecule has 6 heteroatoms. The lowest BCUT2D eigenvalue weighted by Gasteiger charge is -2.17. The van der Waals surface area contributed by atoms with Gasteiger partial charge in [-0.1, -0.05) is 11.6 Å². The molecule has 0 saturated carbocycles. The first-order chi connectivity index (χ1) is 12.5. The van der Waals surface area contributed by atoms with Gasteiger partial charge in [0, 0.05) is 36.3 Å². The van der Waals surface area contributed by atoms with Gasteiger partial charge in [0.2, 0.25) is 5.91 Å². The van der Waals surface area contributed by atoms with Gasteiger partial charge in [-0.15, -0.1) is 0 Å². The van der Waals surface area contributed by atoms with Gasteiger partial charge in [0.05, 0.1) is 21.3 Å². The highest BCUT2D eigenvalue weighted by Gasteiger charge is 2.11. The van der Waals surface area contributed by atoms with Gasteiger partial charge in [-0.3, -0.25) is 4.79 Å². The van der Waals surface area contributed by atoms with Crippen molar-refractivity contribution in [3.8, 4) is 17.2 Å². The minimum atomic E-state index is -0.145. The highest BCUT2D eigenvalue weighted by Crippen LogP contribution is 2.25. The molecule has 0 heterocycles. The quantitative estimate of drug-likeness (QED) is 0.685. The zero-order valence-corrected chi connectivity index (χ0v) is 16.0. The summed E-state index contributed by atoms with van der Waals surface area (Å²) < 4.78 is 15.8. The molecule has 2 aromatic rings. The summed E-state index contributed by atoms with van der Waals surface area (Å²) in [6, 6.07) is 10.8. The third-order valence-electron chi connectivity index (χ3n) is 3.82. The number of carbonyl (C=O) groups is 1. The minimum absolute atomic E-state index is 0.145. The van der Waals surface area contributed by atoms with Crippen molar-refractivity contribution in [2.45, 2.75) is 6.54 Å². The molecule has 0 aliphatic heterocycles. The van der Waals surface area contributed by atoms with Crippen LogP contribution in [0.3, 0.4) is 0 Å². The molecule has 0 radical (unpaired) electrons. The average molecular weight is 376 g/mol. The molecule has 26 heavy (non-hydrogen) atoms. The standard InChI is InChI=1S/C20H22ClNO4/c1-22(13-15-11-16(21)6-7-19(15)26-4)20(23)8-5-14-9-17(24-2)12-18(10-14)25-3/h5-12H,13H2,1-4H3/b8-5+. The van der Waals surface area contributed by atoms with E-state index in [4.69, 9.17) is 25.8 Å². The number of carbonyl (C=O) groups excluding carboxylic acids is 1. The van der Waals surface area contributed by atoms with Gasteiger partial charge in [0.1, 0.15) is 17.2 Å². The van der Waals surface area contributed by atoms with E-state index in [1.165, 1.54) is 6.08 Å². The van der Waals surface area contributed by atoms with E-state index < -0.39 is 0 Å². The average Bonchev–Trinajstić information content (AvgIpc) is 2.65. The molecular weight excluding hydrogens is 354 g/mol. The first-order valence-corrected chi connectivity index (χ1v) is 8.33. The van der Waals surface area contributed by atoms with Crippen LogP contribution in [-0.2, 0) is 11.3 Å². The number of nitrogens with zero attached hydrogens (tertiary/aromatic N) is 1. The van der Waals surface area contributed by atoms with Crippen molar-refractivity contribution in [2.24, 2.45) is 0 Å². The van der Waals surface area contributed by atoms with E-state index in [9.17, 15) is 4.79 Å². The molecule has 0 spiro atoms. The Balaban J connectivity index is 2.12. The predicted molar refractivity (Wildman–Crippen MR) is 103 cm³/mol. The maximum Gasteiger partial charge on any atom is 0.246 e. The Morgan fingerprint density at radius 3 is 2.27 bits per heavy atom. The molecule has 5 nitrogen and oxygen atoms in total. The Morgan fingerprint density at radius 1 is 1.04 bits per heavy atom. The van der Waals surface area contributed by atoms with Crippen molar-refractivity contribution < 1.29 is 19.0 Å². The summed E-state index contributed by atoms with van der Waals surface area (Å²) in [5, 5.41) is 0.598. The van der Waals surface area contributed by atoms with Crippen molar-refractivity contribution in [1.29, 1.82) is 0 Å². The maximum atomic E-state index is 12.4. The Bertz CT molecular complexity index is 782. The number of amides is 1. The van der Waals surface area contributed by atoms with Crippen LogP contribution in [0, 0.1) is 0 Å². The Morgan fingerprint density at radius 2 is 1.69 bits per heavy atom. The smallest absolute Gasteiger partial charge is 0.246 e. The van der Waals surface area contributed by atoms with Gasteiger partial charge in [0.15, 0.2) is 0 Å². The number of methoxy groups -OCH3 is 3. The van der Waals surface area contributed by atoms with E-state index >= 15 is 0 Å². The third-order valence-corrected chi connectivity index (χ3v) is 4.05. The molecule has 0 aliphatic rings. The van der Waals surface area contributed by atoms with E-state index in [1.54, 1.807) is 63.6 Å². The van der Waals surface area contributed by atoms with Crippen LogP contribution < -0.4 is 14.2 Å². The number of hydrogen-bond acceptors (Lipinski definition) is 4. The van der Waals surface area contributed by atoms with Crippen LogP contribution in [0.25, 0.3) is 6.08 Å². The third kappa shape index (κ3) is 5.17. The lowest BCUT2D eigenvalue weighted by atomic mass is 10.1. The van der Waals surface area contributed by atoms with Crippen LogP contribution in [-0.4, -0.2) is 39.2 Å². The van der Waals surface area contributed by atoms with Gasteiger partial charge in [-0.2, -0.15) is 0 Å². The topological polar surface area (TPSA) is 48.0 Å².